The number of nitrogens with zero attached hydrogens (tertiary/aromatic N) is 2. The lowest BCUT2D eigenvalue weighted by molar-refractivity contribution is -0.116. The third-order valence-electron chi connectivity index (χ3n) is 5.07. The van der Waals surface area contributed by atoms with Crippen LogP contribution < -0.4 is 5.32 Å². The second kappa shape index (κ2) is 7.97. The van der Waals surface area contributed by atoms with Gasteiger partial charge in [0.25, 0.3) is 0 Å². The Labute approximate surface area is 178 Å². The maximum Gasteiger partial charge on any atom is 0.236 e. The number of rotatable bonds is 5. The molecule has 1 amide bonds. The molecule has 2 aromatic heterocycles. The molecule has 5 heteroatoms. The molecule has 0 unspecified atom stereocenters. The lowest BCUT2D eigenvalue weighted by Gasteiger charge is -2.18. The van der Waals surface area contributed by atoms with E-state index in [1.165, 1.54) is 0 Å². The van der Waals surface area contributed by atoms with Crippen LogP contribution in [0.15, 0.2) is 103 Å². The quantitative estimate of drug-likeness (QED) is 0.397. The first kappa shape index (κ1) is 18.3. The van der Waals surface area contributed by atoms with Crippen LogP contribution in [-0.2, 0) is 4.79 Å². The molecule has 0 bridgehead atoms. The maximum absolute atomic E-state index is 13.2. The lowest BCUT2D eigenvalue weighted by atomic mass is 9.90. The van der Waals surface area contributed by atoms with E-state index >= 15 is 0 Å². The van der Waals surface area contributed by atoms with E-state index in [9.17, 15) is 4.79 Å². The second-order valence-electron chi connectivity index (χ2n) is 7.04. The zero-order valence-corrected chi connectivity index (χ0v) is 16.9. The van der Waals surface area contributed by atoms with Gasteiger partial charge in [-0.2, -0.15) is 0 Å². The van der Waals surface area contributed by atoms with Gasteiger partial charge < -0.3 is 5.32 Å². The molecule has 0 saturated carbocycles. The zero-order valence-electron chi connectivity index (χ0n) is 16.1. The summed E-state index contributed by atoms with van der Waals surface area (Å²) in [5.74, 6) is -0.422. The van der Waals surface area contributed by atoms with E-state index < -0.39 is 0 Å². The molecule has 0 radical (unpaired) electrons. The first-order valence-electron chi connectivity index (χ1n) is 9.71. The number of aromatic nitrogens is 2. The van der Waals surface area contributed by atoms with Crippen LogP contribution in [0, 0.1) is 0 Å². The minimum atomic E-state index is -0.369. The van der Waals surface area contributed by atoms with E-state index in [1.54, 1.807) is 11.3 Å². The Hall–Kier alpha value is -3.70. The molecule has 0 spiro atoms. The Kier molecular flexibility index (Phi) is 4.87. The number of carbonyl (C=O) groups excluding carboxylic acids is 1. The van der Waals surface area contributed by atoms with Gasteiger partial charge in [-0.05, 0) is 23.3 Å². The van der Waals surface area contributed by atoms with Gasteiger partial charge >= 0.3 is 0 Å². The standard InChI is InChI=1S/C25H19N3OS/c29-24(23(19-7-3-1-4-8-19)20-9-5-2-6-10-20)26-21-13-11-18(12-14-21)22-17-28-15-16-30-25(28)27-22/h1-17,23H,(H,26,29). The van der Waals surface area contributed by atoms with E-state index in [0.717, 1.165) is 33.0 Å². The van der Waals surface area contributed by atoms with Crippen LogP contribution in [0.2, 0.25) is 0 Å². The predicted molar refractivity (Wildman–Crippen MR) is 122 cm³/mol. The summed E-state index contributed by atoms with van der Waals surface area (Å²) in [5.41, 5.74) is 4.64. The number of benzene rings is 3. The Balaban J connectivity index is 1.39. The van der Waals surface area contributed by atoms with Crippen molar-refractivity contribution in [1.29, 1.82) is 0 Å². The third-order valence-corrected chi connectivity index (χ3v) is 5.84. The van der Waals surface area contributed by atoms with Crippen LogP contribution in [0.3, 0.4) is 0 Å². The van der Waals surface area contributed by atoms with E-state index in [0.29, 0.717) is 0 Å². The summed E-state index contributed by atoms with van der Waals surface area (Å²) in [6.45, 7) is 0. The van der Waals surface area contributed by atoms with Crippen LogP contribution >= 0.6 is 11.3 Å². The van der Waals surface area contributed by atoms with Gasteiger partial charge in [0.05, 0.1) is 11.6 Å². The van der Waals surface area contributed by atoms with Gasteiger partial charge in [-0.15, -0.1) is 11.3 Å². The van der Waals surface area contributed by atoms with E-state index in [4.69, 9.17) is 0 Å². The smallest absolute Gasteiger partial charge is 0.236 e. The third kappa shape index (κ3) is 3.63. The van der Waals surface area contributed by atoms with Crippen LogP contribution in [-0.4, -0.2) is 15.3 Å². The summed E-state index contributed by atoms with van der Waals surface area (Å²) in [4.78, 5) is 18.8. The average molecular weight is 410 g/mol. The number of carbonyl (C=O) groups is 1. The molecule has 0 saturated heterocycles. The molecule has 0 aliphatic rings. The summed E-state index contributed by atoms with van der Waals surface area (Å²) in [5, 5.41) is 5.09. The Morgan fingerprint density at radius 1 is 0.867 bits per heavy atom. The first-order chi connectivity index (χ1) is 14.8. The molecule has 1 N–H and O–H groups in total. The SMILES string of the molecule is O=C(Nc1ccc(-c2cn3ccsc3n2)cc1)C(c1ccccc1)c1ccccc1. The largest absolute Gasteiger partial charge is 0.325 e. The highest BCUT2D eigenvalue weighted by molar-refractivity contribution is 7.15. The van der Waals surface area contributed by atoms with Crippen molar-refractivity contribution in [2.75, 3.05) is 5.32 Å². The molecule has 2 heterocycles. The molecule has 5 aromatic rings. The van der Waals surface area contributed by atoms with Gasteiger partial charge in [-0.25, -0.2) is 4.98 Å². The summed E-state index contributed by atoms with van der Waals surface area (Å²) in [7, 11) is 0. The average Bonchev–Trinajstić information content (AvgIpc) is 3.39. The van der Waals surface area contributed by atoms with Gasteiger partial charge in [-0.3, -0.25) is 9.20 Å². The van der Waals surface area contributed by atoms with Crippen molar-refractivity contribution >= 4 is 27.9 Å². The Bertz CT molecular complexity index is 1210. The predicted octanol–water partition coefficient (Wildman–Crippen LogP) is 5.83. The van der Waals surface area contributed by atoms with Gasteiger partial charge in [0.1, 0.15) is 0 Å². The fourth-order valence-corrected chi connectivity index (χ4v) is 4.29. The zero-order chi connectivity index (χ0) is 20.3. The van der Waals surface area contributed by atoms with Gasteiger partial charge in [0.2, 0.25) is 5.91 Å². The van der Waals surface area contributed by atoms with Crippen molar-refractivity contribution in [1.82, 2.24) is 9.38 Å². The fraction of sp³-hybridized carbons (Fsp3) is 0.0400. The number of fused-ring (bicyclic) bond motifs is 1. The summed E-state index contributed by atoms with van der Waals surface area (Å²) >= 11 is 1.61. The highest BCUT2D eigenvalue weighted by atomic mass is 32.1. The molecule has 4 nitrogen and oxygen atoms in total. The van der Waals surface area contributed by atoms with Crippen LogP contribution in [0.25, 0.3) is 16.2 Å². The summed E-state index contributed by atoms with van der Waals surface area (Å²) in [6, 6.07) is 27.6. The van der Waals surface area contributed by atoms with E-state index in [-0.39, 0.29) is 11.8 Å². The minimum Gasteiger partial charge on any atom is -0.325 e. The second-order valence-corrected chi connectivity index (χ2v) is 7.91. The molecule has 0 fully saturated rings. The van der Waals surface area contributed by atoms with Crippen LogP contribution in [0.1, 0.15) is 17.0 Å². The summed E-state index contributed by atoms with van der Waals surface area (Å²) in [6.07, 6.45) is 4.01. The number of imidazole rings is 1. The topological polar surface area (TPSA) is 46.4 Å². The molecular weight excluding hydrogens is 390 g/mol. The van der Waals surface area contributed by atoms with Gasteiger partial charge in [0, 0.05) is 29.0 Å². The van der Waals surface area contributed by atoms with Crippen LogP contribution in [0.5, 0.6) is 0 Å². The highest BCUT2D eigenvalue weighted by Crippen LogP contribution is 2.27. The molecule has 3 aromatic carbocycles. The number of nitrogens with one attached hydrogen (secondary N) is 1. The molecular formula is C25H19N3OS. The van der Waals surface area contributed by atoms with Gasteiger partial charge in [0.15, 0.2) is 4.96 Å². The number of hydrogen-bond donors (Lipinski definition) is 1. The van der Waals surface area contributed by atoms with E-state index in [2.05, 4.69) is 10.3 Å². The molecule has 0 aliphatic carbocycles. The van der Waals surface area contributed by atoms with E-state index in [1.807, 2.05) is 107 Å². The molecule has 30 heavy (non-hydrogen) atoms. The number of amides is 1. The first-order valence-corrected chi connectivity index (χ1v) is 10.6. The number of hydrogen-bond acceptors (Lipinski definition) is 3. The normalized spacial score (nSPS) is 11.1. The molecule has 5 rings (SSSR count). The van der Waals surface area contributed by atoms with Crippen molar-refractivity contribution in [3.63, 3.8) is 0 Å². The van der Waals surface area contributed by atoms with Crippen molar-refractivity contribution < 1.29 is 4.79 Å². The van der Waals surface area contributed by atoms with Gasteiger partial charge in [-0.1, -0.05) is 72.8 Å². The Morgan fingerprint density at radius 2 is 1.50 bits per heavy atom. The van der Waals surface area contributed by atoms with Crippen LogP contribution in [0.4, 0.5) is 5.69 Å². The minimum absolute atomic E-state index is 0.0531. The van der Waals surface area contributed by atoms with Crippen molar-refractivity contribution in [2.24, 2.45) is 0 Å². The summed E-state index contributed by atoms with van der Waals surface area (Å²) < 4.78 is 2.01. The maximum atomic E-state index is 13.2. The Morgan fingerprint density at radius 3 is 2.10 bits per heavy atom. The number of anilines is 1. The molecule has 0 atom stereocenters. The molecule has 146 valence electrons. The monoisotopic (exact) mass is 409 g/mol. The van der Waals surface area contributed by atoms with Crippen molar-refractivity contribution in [2.45, 2.75) is 5.92 Å². The fourth-order valence-electron chi connectivity index (χ4n) is 3.59. The van der Waals surface area contributed by atoms with Crippen molar-refractivity contribution in [3.8, 4) is 11.3 Å². The number of thiazole rings is 1. The van der Waals surface area contributed by atoms with Crippen molar-refractivity contribution in [3.05, 3.63) is 114 Å². The highest BCUT2D eigenvalue weighted by Gasteiger charge is 2.22. The lowest BCUT2D eigenvalue weighted by Crippen LogP contribution is -2.22. The molecule has 0 aliphatic heterocycles.